The maximum absolute atomic E-state index is 4.44. The molecule has 0 amide bonds. The van der Waals surface area contributed by atoms with Crippen molar-refractivity contribution in [1.82, 2.24) is 4.98 Å². The van der Waals surface area contributed by atoms with Gasteiger partial charge in [0.1, 0.15) is 5.82 Å². The Morgan fingerprint density at radius 3 is 2.24 bits per heavy atom. The molecule has 0 aliphatic heterocycles. The Kier molecular flexibility index (Phi) is 4.51. The second-order valence-electron chi connectivity index (χ2n) is 5.96. The third kappa shape index (κ3) is 3.54. The highest BCUT2D eigenvalue weighted by molar-refractivity contribution is 5.50. The van der Waals surface area contributed by atoms with Crippen molar-refractivity contribution in [3.8, 4) is 0 Å². The average molecular weight is 283 g/mol. The maximum Gasteiger partial charge on any atom is 0.128 e. The van der Waals surface area contributed by atoms with Crippen molar-refractivity contribution < 1.29 is 0 Å². The topological polar surface area (TPSA) is 28.2 Å². The number of hydrogen-bond acceptors (Lipinski definition) is 3. The highest BCUT2D eigenvalue weighted by Crippen LogP contribution is 2.25. The average Bonchev–Trinajstić information content (AvgIpc) is 2.43. The van der Waals surface area contributed by atoms with Gasteiger partial charge < -0.3 is 10.2 Å². The second-order valence-corrected chi connectivity index (χ2v) is 5.96. The molecular formula is C18H25N3. The van der Waals surface area contributed by atoms with Gasteiger partial charge in [-0.05, 0) is 62.1 Å². The van der Waals surface area contributed by atoms with Gasteiger partial charge in [-0.25, -0.2) is 4.98 Å². The molecule has 0 spiro atoms. The molecule has 0 radical (unpaired) electrons. The summed E-state index contributed by atoms with van der Waals surface area (Å²) in [6.45, 7) is 8.69. The molecule has 1 heterocycles. The van der Waals surface area contributed by atoms with Crippen molar-refractivity contribution in [2.75, 3.05) is 24.3 Å². The molecule has 3 heteroatoms. The fraction of sp³-hybridized carbons (Fsp3) is 0.389. The SMILES string of the molecule is Cc1cc(C)c(C(C)Nc2ccc(N(C)C)nc2)cc1C. The molecule has 1 N–H and O–H groups in total. The van der Waals surface area contributed by atoms with Gasteiger partial charge in [0.15, 0.2) is 0 Å². The molecule has 2 aromatic rings. The van der Waals surface area contributed by atoms with Gasteiger partial charge >= 0.3 is 0 Å². The van der Waals surface area contributed by atoms with E-state index >= 15 is 0 Å². The minimum atomic E-state index is 0.260. The van der Waals surface area contributed by atoms with Crippen LogP contribution in [-0.4, -0.2) is 19.1 Å². The summed E-state index contributed by atoms with van der Waals surface area (Å²) in [5.74, 6) is 0.968. The van der Waals surface area contributed by atoms with Gasteiger partial charge in [-0.1, -0.05) is 12.1 Å². The third-order valence-electron chi connectivity index (χ3n) is 3.94. The zero-order valence-corrected chi connectivity index (χ0v) is 13.9. The second kappa shape index (κ2) is 6.17. The number of rotatable bonds is 4. The Hall–Kier alpha value is -2.03. The Labute approximate surface area is 128 Å². The first-order chi connectivity index (χ1) is 9.88. The van der Waals surface area contributed by atoms with E-state index in [-0.39, 0.29) is 6.04 Å². The van der Waals surface area contributed by atoms with Gasteiger partial charge in [-0.15, -0.1) is 0 Å². The fourth-order valence-corrected chi connectivity index (χ4v) is 2.51. The normalized spacial score (nSPS) is 12.1. The van der Waals surface area contributed by atoms with Crippen LogP contribution in [-0.2, 0) is 0 Å². The monoisotopic (exact) mass is 283 g/mol. The van der Waals surface area contributed by atoms with Crippen molar-refractivity contribution in [2.24, 2.45) is 0 Å². The van der Waals surface area contributed by atoms with E-state index in [1.807, 2.05) is 31.3 Å². The number of hydrogen-bond donors (Lipinski definition) is 1. The summed E-state index contributed by atoms with van der Waals surface area (Å²) in [5.41, 5.74) is 6.40. The van der Waals surface area contributed by atoms with E-state index in [4.69, 9.17) is 0 Å². The van der Waals surface area contributed by atoms with Crippen LogP contribution in [0.5, 0.6) is 0 Å². The summed E-state index contributed by atoms with van der Waals surface area (Å²) in [6, 6.07) is 8.91. The fourth-order valence-electron chi connectivity index (χ4n) is 2.51. The lowest BCUT2D eigenvalue weighted by atomic mass is 9.96. The van der Waals surface area contributed by atoms with E-state index in [0.717, 1.165) is 11.5 Å². The van der Waals surface area contributed by atoms with E-state index in [9.17, 15) is 0 Å². The molecule has 21 heavy (non-hydrogen) atoms. The summed E-state index contributed by atoms with van der Waals surface area (Å²) in [6.07, 6.45) is 1.89. The number of nitrogens with zero attached hydrogens (tertiary/aromatic N) is 2. The first kappa shape index (κ1) is 15.4. The van der Waals surface area contributed by atoms with Crippen LogP contribution < -0.4 is 10.2 Å². The van der Waals surface area contributed by atoms with Gasteiger partial charge in [0.2, 0.25) is 0 Å². The highest BCUT2D eigenvalue weighted by atomic mass is 15.1. The lowest BCUT2D eigenvalue weighted by Crippen LogP contribution is -2.12. The Morgan fingerprint density at radius 2 is 1.67 bits per heavy atom. The van der Waals surface area contributed by atoms with Crippen LogP contribution in [0.15, 0.2) is 30.5 Å². The molecule has 0 fully saturated rings. The number of benzene rings is 1. The van der Waals surface area contributed by atoms with Crippen molar-refractivity contribution in [3.63, 3.8) is 0 Å². The molecule has 0 aliphatic rings. The van der Waals surface area contributed by atoms with Crippen LogP contribution in [0.2, 0.25) is 0 Å². The largest absolute Gasteiger partial charge is 0.377 e. The quantitative estimate of drug-likeness (QED) is 0.909. The first-order valence-electron chi connectivity index (χ1n) is 7.36. The minimum Gasteiger partial charge on any atom is -0.377 e. The third-order valence-corrected chi connectivity index (χ3v) is 3.94. The molecule has 1 aromatic carbocycles. The number of aryl methyl sites for hydroxylation is 3. The van der Waals surface area contributed by atoms with E-state index in [1.54, 1.807) is 0 Å². The Morgan fingerprint density at radius 1 is 1.00 bits per heavy atom. The van der Waals surface area contributed by atoms with Gasteiger partial charge in [0, 0.05) is 20.1 Å². The molecule has 1 aromatic heterocycles. The lowest BCUT2D eigenvalue weighted by molar-refractivity contribution is 0.868. The summed E-state index contributed by atoms with van der Waals surface area (Å²) in [4.78, 5) is 6.44. The van der Waals surface area contributed by atoms with Crippen molar-refractivity contribution in [3.05, 3.63) is 52.7 Å². The molecule has 0 bridgehead atoms. The van der Waals surface area contributed by atoms with Crippen LogP contribution >= 0.6 is 0 Å². The number of anilines is 2. The van der Waals surface area contributed by atoms with Crippen molar-refractivity contribution in [1.29, 1.82) is 0 Å². The predicted molar refractivity (Wildman–Crippen MR) is 91.3 cm³/mol. The molecule has 1 atom stereocenters. The van der Waals surface area contributed by atoms with Gasteiger partial charge in [0.25, 0.3) is 0 Å². The molecule has 112 valence electrons. The summed E-state index contributed by atoms with van der Waals surface area (Å²) in [5, 5.41) is 3.53. The van der Waals surface area contributed by atoms with Crippen molar-refractivity contribution >= 4 is 11.5 Å². The van der Waals surface area contributed by atoms with Gasteiger partial charge in [-0.3, -0.25) is 0 Å². The van der Waals surface area contributed by atoms with E-state index in [0.29, 0.717) is 0 Å². The molecular weight excluding hydrogens is 258 g/mol. The van der Waals surface area contributed by atoms with Crippen LogP contribution in [0.1, 0.15) is 35.2 Å². The summed E-state index contributed by atoms with van der Waals surface area (Å²) >= 11 is 0. The molecule has 0 saturated carbocycles. The molecule has 2 rings (SSSR count). The molecule has 1 unspecified atom stereocenters. The number of aromatic nitrogens is 1. The number of pyridine rings is 1. The first-order valence-corrected chi connectivity index (χ1v) is 7.36. The van der Waals surface area contributed by atoms with E-state index < -0.39 is 0 Å². The summed E-state index contributed by atoms with van der Waals surface area (Å²) < 4.78 is 0. The maximum atomic E-state index is 4.44. The summed E-state index contributed by atoms with van der Waals surface area (Å²) in [7, 11) is 3.99. The van der Waals surface area contributed by atoms with Crippen LogP contribution in [0.3, 0.4) is 0 Å². The Bertz CT molecular complexity index is 615. The highest BCUT2D eigenvalue weighted by Gasteiger charge is 2.10. The van der Waals surface area contributed by atoms with Crippen molar-refractivity contribution in [2.45, 2.75) is 33.7 Å². The molecule has 0 aliphatic carbocycles. The zero-order valence-electron chi connectivity index (χ0n) is 13.9. The van der Waals surface area contributed by atoms with Crippen LogP contribution in [0.25, 0.3) is 0 Å². The molecule has 3 nitrogen and oxygen atoms in total. The van der Waals surface area contributed by atoms with Crippen LogP contribution in [0, 0.1) is 20.8 Å². The minimum absolute atomic E-state index is 0.260. The Balaban J connectivity index is 2.17. The zero-order chi connectivity index (χ0) is 15.6. The predicted octanol–water partition coefficient (Wildman–Crippen LogP) is 4.25. The van der Waals surface area contributed by atoms with Gasteiger partial charge in [0.05, 0.1) is 11.9 Å². The number of nitrogens with one attached hydrogen (secondary N) is 1. The molecule has 0 saturated heterocycles. The van der Waals surface area contributed by atoms with Gasteiger partial charge in [-0.2, -0.15) is 0 Å². The lowest BCUT2D eigenvalue weighted by Gasteiger charge is -2.20. The van der Waals surface area contributed by atoms with E-state index in [2.05, 4.69) is 56.2 Å². The van der Waals surface area contributed by atoms with Crippen LogP contribution in [0.4, 0.5) is 11.5 Å². The standard InChI is InChI=1S/C18H25N3/c1-12-9-14(3)17(10-13(12)2)15(4)20-16-7-8-18(19-11-16)21(5)6/h7-11,15,20H,1-6H3. The smallest absolute Gasteiger partial charge is 0.128 e. The van der Waals surface area contributed by atoms with E-state index in [1.165, 1.54) is 22.3 Å².